The summed E-state index contributed by atoms with van der Waals surface area (Å²) in [7, 11) is -7.69. The Hall–Kier alpha value is -6.20. The number of Topliss-reactive ketones (excluding diaryl/α,β-unsaturated/α-hetero) is 1. The number of carbonyl (C=O) groups is 1. The predicted octanol–water partition coefficient (Wildman–Crippen LogP) is 9.13. The van der Waals surface area contributed by atoms with Crippen LogP contribution in [0.1, 0.15) is 73.8 Å². The zero-order chi connectivity index (χ0) is 42.8. The highest BCUT2D eigenvalue weighted by atomic mass is 31.2. The number of rotatable bonds is 11. The summed E-state index contributed by atoms with van der Waals surface area (Å²) in [4.78, 5) is 34.0. The number of hydrogen-bond acceptors (Lipinski definition) is 7. The summed E-state index contributed by atoms with van der Waals surface area (Å²) in [5.41, 5.74) is 7.13. The maximum absolute atomic E-state index is 16.0. The van der Waals surface area contributed by atoms with E-state index in [9.17, 15) is 10.2 Å². The van der Waals surface area contributed by atoms with Crippen LogP contribution in [0.3, 0.4) is 0 Å². The molecular formula is C50H47N5O3P2. The van der Waals surface area contributed by atoms with Gasteiger partial charge < -0.3 is 9.13 Å². The molecule has 0 aliphatic carbocycles. The van der Waals surface area contributed by atoms with Crippen LogP contribution in [0.2, 0.25) is 0 Å². The van der Waals surface area contributed by atoms with E-state index >= 15 is 9.13 Å². The van der Waals surface area contributed by atoms with Crippen LogP contribution in [-0.4, -0.2) is 32.0 Å². The highest BCUT2D eigenvalue weighted by molar-refractivity contribution is 7.93. The third kappa shape index (κ3) is 8.45. The lowest BCUT2D eigenvalue weighted by molar-refractivity contribution is 0.105. The minimum atomic E-state index is -3.86. The first-order valence-corrected chi connectivity index (χ1v) is 23.2. The molecule has 0 atom stereocenters. The lowest BCUT2D eigenvalue weighted by Gasteiger charge is -2.22. The molecule has 0 aliphatic rings. The Morgan fingerprint density at radius 2 is 0.833 bits per heavy atom. The molecule has 0 saturated carbocycles. The number of nitrogens with one attached hydrogen (secondary N) is 1. The van der Waals surface area contributed by atoms with E-state index in [-0.39, 0.29) is 22.9 Å². The normalized spacial score (nSPS) is 12.1. The molecule has 0 bridgehead atoms. The van der Waals surface area contributed by atoms with E-state index in [2.05, 4.69) is 4.99 Å². The fraction of sp³-hybridized carbons (Fsp3) is 0.160. The number of aromatic nitrogens is 3. The topological polar surface area (TPSA) is 126 Å². The molecule has 0 amide bonds. The number of hydrogen-bond donors (Lipinski definition) is 1. The van der Waals surface area contributed by atoms with Gasteiger partial charge in [-0.15, -0.1) is 0 Å². The Morgan fingerprint density at radius 3 is 1.20 bits per heavy atom. The van der Waals surface area contributed by atoms with Gasteiger partial charge in [0.2, 0.25) is 31.5 Å². The Bertz CT molecular complexity index is 2690. The van der Waals surface area contributed by atoms with Gasteiger partial charge in [-0.25, -0.2) is 19.9 Å². The van der Waals surface area contributed by atoms with Crippen molar-refractivity contribution < 1.29 is 13.9 Å². The van der Waals surface area contributed by atoms with Crippen molar-refractivity contribution in [3.05, 3.63) is 202 Å². The maximum atomic E-state index is 16.0. The molecule has 0 unspecified atom stereocenters. The summed E-state index contributed by atoms with van der Waals surface area (Å²) in [6.45, 7) is 13.3. The van der Waals surface area contributed by atoms with Crippen LogP contribution in [0, 0.1) is 47.0 Å². The molecule has 0 aliphatic heterocycles. The van der Waals surface area contributed by atoms with Gasteiger partial charge in [0, 0.05) is 21.2 Å². The Labute approximate surface area is 352 Å². The smallest absolute Gasteiger partial charge is 0.244 e. The van der Waals surface area contributed by atoms with Crippen molar-refractivity contribution in [3.63, 3.8) is 0 Å². The summed E-state index contributed by atoms with van der Waals surface area (Å²) in [5.74, 6) is -1.35. The third-order valence-corrected chi connectivity index (χ3v) is 16.3. The molecule has 1 heterocycles. The van der Waals surface area contributed by atoms with Crippen molar-refractivity contribution in [1.82, 2.24) is 15.0 Å². The summed E-state index contributed by atoms with van der Waals surface area (Å²) >= 11 is 0. The summed E-state index contributed by atoms with van der Waals surface area (Å²) in [6, 6.07) is 45.3. The first kappa shape index (κ1) is 41.9. The van der Waals surface area contributed by atoms with Gasteiger partial charge >= 0.3 is 0 Å². The van der Waals surface area contributed by atoms with Crippen molar-refractivity contribution in [2.75, 3.05) is 0 Å². The fourth-order valence-corrected chi connectivity index (χ4v) is 11.6. The zero-order valence-electron chi connectivity index (χ0n) is 34.8. The number of ketones is 1. The Kier molecular flexibility index (Phi) is 12.0. The summed E-state index contributed by atoms with van der Waals surface area (Å²) < 4.78 is 31.2. The molecule has 60 heavy (non-hydrogen) atoms. The summed E-state index contributed by atoms with van der Waals surface area (Å²) in [6.07, 6.45) is 0. The molecule has 0 saturated heterocycles. The molecular weight excluding hydrogens is 781 g/mol. The first-order valence-electron chi connectivity index (χ1n) is 19.7. The number of aliphatic imine (C=N–C) groups is 1. The van der Waals surface area contributed by atoms with Gasteiger partial charge in [-0.2, -0.15) is 0 Å². The van der Waals surface area contributed by atoms with E-state index in [1.807, 2.05) is 163 Å². The molecule has 1 aromatic heterocycles. The number of nitrogens with zero attached hydrogens (tertiary/aromatic N) is 4. The summed E-state index contributed by atoms with van der Waals surface area (Å²) in [5, 5.41) is 11.1. The van der Waals surface area contributed by atoms with E-state index in [4.69, 9.17) is 15.0 Å². The van der Waals surface area contributed by atoms with Crippen molar-refractivity contribution in [3.8, 4) is 0 Å². The van der Waals surface area contributed by atoms with E-state index in [0.29, 0.717) is 21.2 Å². The highest BCUT2D eigenvalue weighted by Gasteiger charge is 2.37. The average molecular weight is 828 g/mol. The predicted molar refractivity (Wildman–Crippen MR) is 246 cm³/mol. The third-order valence-electron chi connectivity index (χ3n) is 10.7. The van der Waals surface area contributed by atoms with Crippen LogP contribution >= 0.6 is 14.3 Å². The SMILES string of the molecule is CC(=NC(=N)P(=O)(c1ccc(C)cc1)c1ccc(C)cc1)C(=O)c1nc(C(c2ccc(C)cc2)c2ccc(C)cc2)nc(P(=O)(c2ccc(C)cc2)c2ccc(C)cc2)n1. The van der Waals surface area contributed by atoms with E-state index in [1.165, 1.54) is 6.92 Å². The van der Waals surface area contributed by atoms with Crippen LogP contribution in [0.15, 0.2) is 151 Å². The quantitative estimate of drug-likeness (QED) is 0.0600. The van der Waals surface area contributed by atoms with Crippen LogP contribution in [0.4, 0.5) is 0 Å². The van der Waals surface area contributed by atoms with Crippen LogP contribution in [-0.2, 0) is 9.13 Å². The van der Waals surface area contributed by atoms with E-state index < -0.39 is 31.6 Å². The average Bonchev–Trinajstić information content (AvgIpc) is 3.25. The van der Waals surface area contributed by atoms with Crippen molar-refractivity contribution >= 4 is 58.1 Å². The highest BCUT2D eigenvalue weighted by Crippen LogP contribution is 2.46. The molecule has 6 aromatic carbocycles. The maximum Gasteiger partial charge on any atom is 0.244 e. The van der Waals surface area contributed by atoms with Gasteiger partial charge in [0.25, 0.3) is 0 Å². The molecule has 300 valence electrons. The second kappa shape index (κ2) is 17.2. The monoisotopic (exact) mass is 827 g/mol. The number of amidine groups is 1. The van der Waals surface area contributed by atoms with Gasteiger partial charge in [-0.05, 0) is 59.6 Å². The molecule has 1 N–H and O–H groups in total. The molecule has 7 rings (SSSR count). The molecule has 10 heteroatoms. The van der Waals surface area contributed by atoms with Crippen LogP contribution in [0.25, 0.3) is 0 Å². The second-order valence-corrected chi connectivity index (χ2v) is 20.8. The molecule has 0 fully saturated rings. The Morgan fingerprint density at radius 1 is 0.500 bits per heavy atom. The van der Waals surface area contributed by atoms with Crippen molar-refractivity contribution in [1.29, 1.82) is 5.41 Å². The van der Waals surface area contributed by atoms with Crippen molar-refractivity contribution in [2.24, 2.45) is 4.99 Å². The lowest BCUT2D eigenvalue weighted by atomic mass is 9.89. The fourth-order valence-electron chi connectivity index (χ4n) is 6.99. The van der Waals surface area contributed by atoms with Crippen LogP contribution < -0.4 is 26.8 Å². The van der Waals surface area contributed by atoms with Gasteiger partial charge in [0.15, 0.2) is 5.58 Å². The minimum Gasteiger partial charge on any atom is -0.305 e. The van der Waals surface area contributed by atoms with Gasteiger partial charge in [-0.3, -0.25) is 10.2 Å². The van der Waals surface area contributed by atoms with E-state index in [0.717, 1.165) is 44.5 Å². The largest absolute Gasteiger partial charge is 0.305 e. The number of carbonyl (C=O) groups excluding carboxylic acids is 1. The Balaban J connectivity index is 1.45. The molecule has 0 spiro atoms. The molecule has 0 radical (unpaired) electrons. The number of benzene rings is 6. The first-order chi connectivity index (χ1) is 28.7. The van der Waals surface area contributed by atoms with Gasteiger partial charge in [0.1, 0.15) is 5.82 Å². The van der Waals surface area contributed by atoms with Crippen molar-refractivity contribution in [2.45, 2.75) is 54.4 Å². The molecule has 7 aromatic rings. The van der Waals surface area contributed by atoms with Gasteiger partial charge in [0.05, 0.1) is 11.6 Å². The van der Waals surface area contributed by atoms with E-state index in [1.54, 1.807) is 24.3 Å². The lowest BCUT2D eigenvalue weighted by Crippen LogP contribution is -2.33. The molecule has 8 nitrogen and oxygen atoms in total. The zero-order valence-corrected chi connectivity index (χ0v) is 36.6. The van der Waals surface area contributed by atoms with Gasteiger partial charge in [-0.1, -0.05) is 179 Å². The minimum absolute atomic E-state index is 0.0550. The second-order valence-electron chi connectivity index (χ2n) is 15.5. The standard InChI is InChI=1S/C50H47N5O3P2/c1-32-8-20-39(21-9-32)45(40-22-10-33(2)11-23-40)47-53-48(55-50(54-47)60(58,43-28-16-36(5)17-29-43)44-30-18-37(6)19-31-44)46(56)38(7)52-49(51)59(57,41-24-12-34(3)13-25-41)42-26-14-35(4)15-27-42/h8-31,45,51H,1-7H3. The number of aryl methyl sites for hydroxylation is 6. The van der Waals surface area contributed by atoms with Crippen LogP contribution in [0.5, 0.6) is 0 Å².